The maximum Gasteiger partial charge on any atom is 0.312 e. The molecule has 0 saturated heterocycles. The molecule has 0 aliphatic rings. The van der Waals surface area contributed by atoms with Crippen molar-refractivity contribution in [2.24, 2.45) is 5.73 Å². The Hall–Kier alpha value is -1.25. The Kier molecular flexibility index (Phi) is 16.8. The molecule has 0 aromatic heterocycles. The van der Waals surface area contributed by atoms with Crippen molar-refractivity contribution in [2.45, 2.75) is 84.0 Å². The topological polar surface area (TPSA) is 55.1 Å². The van der Waals surface area contributed by atoms with Crippen LogP contribution in [0, 0.1) is 0 Å². The van der Waals surface area contributed by atoms with Crippen LogP contribution in [-0.2, 0) is 0 Å². The molecule has 0 unspecified atom stereocenters. The third-order valence-electron chi connectivity index (χ3n) is 3.68. The van der Waals surface area contributed by atoms with Gasteiger partial charge in [0.05, 0.1) is 0 Å². The van der Waals surface area contributed by atoms with Gasteiger partial charge in [-0.3, -0.25) is 0 Å². The number of carbonyl (C=O) groups is 1. The molecule has 0 aliphatic heterocycles. The van der Waals surface area contributed by atoms with Crippen LogP contribution in [0.4, 0.5) is 4.79 Å². The number of hydrogen-bond donors (Lipinski definition) is 2. The molecule has 0 bridgehead atoms. The number of rotatable bonds is 15. The number of hydrogen-bond acceptors (Lipinski definition) is 1. The Morgan fingerprint density at radius 2 is 1.36 bits per heavy atom. The lowest BCUT2D eigenvalue weighted by Crippen LogP contribution is -2.29. The second-order valence-electron chi connectivity index (χ2n) is 5.88. The molecule has 0 saturated carbocycles. The van der Waals surface area contributed by atoms with Gasteiger partial charge < -0.3 is 11.1 Å². The first kappa shape index (κ1) is 20.8. The third kappa shape index (κ3) is 18.8. The van der Waals surface area contributed by atoms with Crippen LogP contribution in [-0.4, -0.2) is 12.6 Å². The summed E-state index contributed by atoms with van der Waals surface area (Å²) < 4.78 is 0. The van der Waals surface area contributed by atoms with Gasteiger partial charge in [0.25, 0.3) is 0 Å². The summed E-state index contributed by atoms with van der Waals surface area (Å²) in [5.41, 5.74) is 5.00. The summed E-state index contributed by atoms with van der Waals surface area (Å²) in [6.45, 7) is 2.96. The SMILES string of the molecule is CCCCCC=CC/C=C\CCCCCCCCNC(N)=O. The van der Waals surface area contributed by atoms with E-state index in [4.69, 9.17) is 5.73 Å². The number of allylic oxidation sites excluding steroid dienone is 4. The van der Waals surface area contributed by atoms with Crippen molar-refractivity contribution in [2.75, 3.05) is 6.54 Å². The normalized spacial score (nSPS) is 11.5. The van der Waals surface area contributed by atoms with Gasteiger partial charge in [0.1, 0.15) is 0 Å². The van der Waals surface area contributed by atoms with Crippen LogP contribution in [0.5, 0.6) is 0 Å². The van der Waals surface area contributed by atoms with Gasteiger partial charge in [-0.25, -0.2) is 4.79 Å². The molecule has 0 heterocycles. The minimum Gasteiger partial charge on any atom is -0.352 e. The van der Waals surface area contributed by atoms with E-state index in [9.17, 15) is 4.79 Å². The maximum atomic E-state index is 10.5. The highest BCUT2D eigenvalue weighted by Gasteiger charge is 1.92. The molecular formula is C19H36N2O. The zero-order valence-corrected chi connectivity index (χ0v) is 14.5. The van der Waals surface area contributed by atoms with Crippen LogP contribution >= 0.6 is 0 Å². The van der Waals surface area contributed by atoms with E-state index in [0.29, 0.717) is 6.54 Å². The minimum atomic E-state index is -0.414. The number of amides is 2. The standard InChI is InChI=1S/C19H36N2O/c1-2-3-4-5-6-7-8-9-10-11-12-13-14-15-16-17-18-21-19(20)22/h6-7,9-10H,2-5,8,11-18H2,1H3,(H3,20,21,22)/b7-6?,10-9-. The second-order valence-corrected chi connectivity index (χ2v) is 5.88. The van der Waals surface area contributed by atoms with Gasteiger partial charge in [-0.1, -0.05) is 69.8 Å². The molecule has 0 rings (SSSR count). The number of urea groups is 1. The minimum absolute atomic E-state index is 0.414. The highest BCUT2D eigenvalue weighted by atomic mass is 16.2. The summed E-state index contributed by atoms with van der Waals surface area (Å²) in [4.78, 5) is 10.5. The Bertz CT molecular complexity index is 298. The first-order valence-electron chi connectivity index (χ1n) is 9.10. The number of unbranched alkanes of at least 4 members (excludes halogenated alkanes) is 9. The van der Waals surface area contributed by atoms with E-state index in [1.54, 1.807) is 0 Å². The van der Waals surface area contributed by atoms with Gasteiger partial charge in [0, 0.05) is 6.54 Å². The van der Waals surface area contributed by atoms with Gasteiger partial charge in [-0.15, -0.1) is 0 Å². The van der Waals surface area contributed by atoms with Crippen LogP contribution in [0.3, 0.4) is 0 Å². The van der Waals surface area contributed by atoms with Crippen LogP contribution in [0.1, 0.15) is 84.0 Å². The molecule has 2 amide bonds. The van der Waals surface area contributed by atoms with E-state index in [0.717, 1.165) is 12.8 Å². The molecule has 0 radical (unpaired) electrons. The average molecular weight is 309 g/mol. The lowest BCUT2D eigenvalue weighted by molar-refractivity contribution is 0.248. The number of nitrogens with one attached hydrogen (secondary N) is 1. The van der Waals surface area contributed by atoms with Crippen molar-refractivity contribution in [3.8, 4) is 0 Å². The fourth-order valence-electron chi connectivity index (χ4n) is 2.32. The Morgan fingerprint density at radius 1 is 0.818 bits per heavy atom. The Morgan fingerprint density at radius 3 is 1.95 bits per heavy atom. The molecule has 0 aliphatic carbocycles. The van der Waals surface area contributed by atoms with E-state index < -0.39 is 6.03 Å². The van der Waals surface area contributed by atoms with Gasteiger partial charge >= 0.3 is 6.03 Å². The van der Waals surface area contributed by atoms with Crippen LogP contribution in [0.25, 0.3) is 0 Å². The molecule has 0 aromatic rings. The van der Waals surface area contributed by atoms with Gasteiger partial charge in [-0.05, 0) is 38.5 Å². The molecule has 3 nitrogen and oxygen atoms in total. The summed E-state index contributed by atoms with van der Waals surface area (Å²) >= 11 is 0. The van der Waals surface area contributed by atoms with Crippen LogP contribution < -0.4 is 11.1 Å². The van der Waals surface area contributed by atoms with Crippen molar-refractivity contribution in [3.05, 3.63) is 24.3 Å². The molecule has 3 N–H and O–H groups in total. The van der Waals surface area contributed by atoms with Crippen molar-refractivity contribution >= 4 is 6.03 Å². The first-order valence-corrected chi connectivity index (χ1v) is 9.10. The van der Waals surface area contributed by atoms with E-state index in [2.05, 4.69) is 36.5 Å². The summed E-state index contributed by atoms with van der Waals surface area (Å²) in [6.07, 6.45) is 24.0. The van der Waals surface area contributed by atoms with Crippen molar-refractivity contribution in [1.29, 1.82) is 0 Å². The number of carbonyl (C=O) groups excluding carboxylic acids is 1. The Labute approximate surface area is 137 Å². The molecule has 3 heteroatoms. The summed E-state index contributed by atoms with van der Waals surface area (Å²) in [5, 5.41) is 2.62. The van der Waals surface area contributed by atoms with Crippen LogP contribution in [0.15, 0.2) is 24.3 Å². The van der Waals surface area contributed by atoms with Crippen LogP contribution in [0.2, 0.25) is 0 Å². The number of primary amides is 1. The summed E-state index contributed by atoms with van der Waals surface area (Å²) in [6, 6.07) is -0.414. The smallest absolute Gasteiger partial charge is 0.312 e. The van der Waals surface area contributed by atoms with Crippen molar-refractivity contribution < 1.29 is 4.79 Å². The molecule has 0 spiro atoms. The largest absolute Gasteiger partial charge is 0.352 e. The van der Waals surface area contributed by atoms with Crippen molar-refractivity contribution in [3.63, 3.8) is 0 Å². The highest BCUT2D eigenvalue weighted by molar-refractivity contribution is 5.71. The zero-order valence-electron chi connectivity index (χ0n) is 14.5. The molecule has 0 aromatic carbocycles. The molecule has 128 valence electrons. The fraction of sp³-hybridized carbons (Fsp3) is 0.737. The highest BCUT2D eigenvalue weighted by Crippen LogP contribution is 2.07. The summed E-state index contributed by atoms with van der Waals surface area (Å²) in [7, 11) is 0. The third-order valence-corrected chi connectivity index (χ3v) is 3.68. The van der Waals surface area contributed by atoms with Gasteiger partial charge in [-0.2, -0.15) is 0 Å². The average Bonchev–Trinajstić information content (AvgIpc) is 2.50. The predicted molar refractivity (Wildman–Crippen MR) is 96.9 cm³/mol. The zero-order chi connectivity index (χ0) is 16.3. The fourth-order valence-corrected chi connectivity index (χ4v) is 2.32. The molecule has 22 heavy (non-hydrogen) atoms. The second kappa shape index (κ2) is 17.8. The number of nitrogens with two attached hydrogens (primary N) is 1. The van der Waals surface area contributed by atoms with E-state index in [-0.39, 0.29) is 0 Å². The van der Waals surface area contributed by atoms with Gasteiger partial charge in [0.2, 0.25) is 0 Å². The van der Waals surface area contributed by atoms with E-state index in [1.807, 2.05) is 0 Å². The van der Waals surface area contributed by atoms with Gasteiger partial charge in [0.15, 0.2) is 0 Å². The van der Waals surface area contributed by atoms with Crippen molar-refractivity contribution in [1.82, 2.24) is 5.32 Å². The molecule has 0 atom stereocenters. The summed E-state index contributed by atoms with van der Waals surface area (Å²) in [5.74, 6) is 0. The lowest BCUT2D eigenvalue weighted by atomic mass is 10.1. The predicted octanol–water partition coefficient (Wildman–Crippen LogP) is 5.47. The molecule has 0 fully saturated rings. The quantitative estimate of drug-likeness (QED) is 0.306. The first-order chi connectivity index (χ1) is 10.8. The maximum absolute atomic E-state index is 10.5. The monoisotopic (exact) mass is 308 g/mol. The van der Waals surface area contributed by atoms with E-state index >= 15 is 0 Å². The van der Waals surface area contributed by atoms with E-state index in [1.165, 1.54) is 64.2 Å². The lowest BCUT2D eigenvalue weighted by Gasteiger charge is -2.01. The Balaban J connectivity index is 3.15. The molecular weight excluding hydrogens is 272 g/mol.